The van der Waals surface area contributed by atoms with Gasteiger partial charge >= 0.3 is 0 Å². The summed E-state index contributed by atoms with van der Waals surface area (Å²) in [5.41, 5.74) is 0.0910. The highest BCUT2D eigenvalue weighted by Crippen LogP contribution is 2.25. The maximum atomic E-state index is 12.8. The molecule has 0 saturated carbocycles. The van der Waals surface area contributed by atoms with Crippen molar-refractivity contribution < 1.29 is 13.5 Å². The lowest BCUT2D eigenvalue weighted by molar-refractivity contribution is 0.414. The van der Waals surface area contributed by atoms with Crippen LogP contribution >= 0.6 is 11.6 Å². The Kier molecular flexibility index (Phi) is 3.25. The van der Waals surface area contributed by atoms with E-state index in [1.807, 2.05) is 0 Å². The van der Waals surface area contributed by atoms with Crippen LogP contribution in [0.15, 0.2) is 29.6 Å². The van der Waals surface area contributed by atoms with Crippen molar-refractivity contribution in [2.75, 3.05) is 7.11 Å². The van der Waals surface area contributed by atoms with Crippen LogP contribution in [0.3, 0.4) is 0 Å². The Morgan fingerprint density at radius 2 is 1.77 bits per heavy atom. The summed E-state index contributed by atoms with van der Waals surface area (Å²) in [6.45, 7) is 0. The second kappa shape index (κ2) is 4.23. The fraction of sp³-hybridized carbons (Fsp3) is 0.111. The molecule has 0 bridgehead atoms. The van der Waals surface area contributed by atoms with Crippen molar-refractivity contribution in [1.29, 1.82) is 0 Å². The highest BCUT2D eigenvalue weighted by Gasteiger charge is 2.05. The van der Waals surface area contributed by atoms with Gasteiger partial charge in [-0.05, 0) is 35.9 Å². The van der Waals surface area contributed by atoms with Crippen LogP contribution in [0.5, 0.6) is 5.75 Å². The van der Waals surface area contributed by atoms with Crippen LogP contribution in [-0.4, -0.2) is 7.11 Å². The average Bonchev–Trinajstić information content (AvgIpc) is 2.17. The van der Waals surface area contributed by atoms with Crippen molar-refractivity contribution >= 4 is 17.4 Å². The number of hydrogen-bond donors (Lipinski definition) is 0. The molecule has 0 N–H and O–H groups in total. The zero-order valence-electron chi connectivity index (χ0n) is 6.85. The van der Waals surface area contributed by atoms with Gasteiger partial charge in [0.1, 0.15) is 5.75 Å². The molecule has 0 aliphatic carbocycles. The van der Waals surface area contributed by atoms with Gasteiger partial charge in [0.05, 0.1) is 7.11 Å². The van der Waals surface area contributed by atoms with Gasteiger partial charge in [-0.15, -0.1) is 0 Å². The largest absolute Gasteiger partial charge is 0.497 e. The summed E-state index contributed by atoms with van der Waals surface area (Å²) >= 11 is 4.84. The van der Waals surface area contributed by atoms with Crippen LogP contribution in [0, 0.1) is 0 Å². The topological polar surface area (TPSA) is 9.23 Å². The molecule has 1 aromatic rings. The van der Waals surface area contributed by atoms with Crippen LogP contribution in [0.4, 0.5) is 8.78 Å². The first-order chi connectivity index (χ1) is 6.15. The lowest BCUT2D eigenvalue weighted by Crippen LogP contribution is -1.83. The number of methoxy groups -OCH3 is 1. The van der Waals surface area contributed by atoms with E-state index in [9.17, 15) is 8.78 Å². The van der Waals surface area contributed by atoms with Crippen molar-refractivity contribution in [2.24, 2.45) is 0 Å². The third kappa shape index (κ3) is 2.42. The third-order valence-electron chi connectivity index (χ3n) is 1.51. The van der Waals surface area contributed by atoms with E-state index in [2.05, 4.69) is 0 Å². The van der Waals surface area contributed by atoms with E-state index in [0.717, 1.165) is 0 Å². The predicted octanol–water partition coefficient (Wildman–Crippen LogP) is 3.50. The molecular formula is C9H7ClF2O. The molecule has 0 heterocycles. The van der Waals surface area contributed by atoms with Crippen LogP contribution in [-0.2, 0) is 0 Å². The van der Waals surface area contributed by atoms with Crippen LogP contribution in [0.1, 0.15) is 5.56 Å². The molecule has 13 heavy (non-hydrogen) atoms. The Morgan fingerprint density at radius 3 is 2.15 bits per heavy atom. The van der Waals surface area contributed by atoms with Gasteiger partial charge in [0, 0.05) is 5.56 Å². The second-order valence-corrected chi connectivity index (χ2v) is 2.63. The highest BCUT2D eigenvalue weighted by molar-refractivity contribution is 6.30. The number of ether oxygens (including phenoxy) is 1. The van der Waals surface area contributed by atoms with Crippen molar-refractivity contribution in [3.8, 4) is 5.75 Å². The number of rotatable bonds is 2. The van der Waals surface area contributed by atoms with Crippen LogP contribution < -0.4 is 4.74 Å². The Balaban J connectivity index is 2.99. The summed E-state index contributed by atoms with van der Waals surface area (Å²) in [4.78, 5) is 0. The van der Waals surface area contributed by atoms with Crippen molar-refractivity contribution in [1.82, 2.24) is 0 Å². The van der Waals surface area contributed by atoms with Gasteiger partial charge in [0.25, 0.3) is 0 Å². The average molecular weight is 205 g/mol. The molecule has 0 aliphatic rings. The Labute approximate surface area is 79.6 Å². The van der Waals surface area contributed by atoms with E-state index < -0.39 is 11.1 Å². The minimum Gasteiger partial charge on any atom is -0.497 e. The summed E-state index contributed by atoms with van der Waals surface area (Å²) < 4.78 is 29.9. The van der Waals surface area contributed by atoms with Crippen molar-refractivity contribution in [2.45, 2.75) is 0 Å². The Hall–Kier alpha value is -1.09. The molecule has 1 aromatic carbocycles. The molecule has 1 nitrogen and oxygen atoms in total. The maximum absolute atomic E-state index is 12.8. The molecule has 0 atom stereocenters. The lowest BCUT2D eigenvalue weighted by atomic mass is 10.2. The minimum absolute atomic E-state index is 0.0910. The third-order valence-corrected chi connectivity index (χ3v) is 1.68. The summed E-state index contributed by atoms with van der Waals surface area (Å²) in [6, 6.07) is 5.82. The molecule has 0 fully saturated rings. The fourth-order valence-corrected chi connectivity index (χ4v) is 0.956. The van der Waals surface area contributed by atoms with Gasteiger partial charge in [-0.3, -0.25) is 0 Å². The van der Waals surface area contributed by atoms with Gasteiger partial charge in [-0.2, -0.15) is 4.39 Å². The molecule has 1 rings (SSSR count). The first-order valence-corrected chi connectivity index (χ1v) is 3.88. The predicted molar refractivity (Wildman–Crippen MR) is 48.0 cm³/mol. The molecule has 0 unspecified atom stereocenters. The van der Waals surface area contributed by atoms with Gasteiger partial charge in [-0.1, -0.05) is 0 Å². The quantitative estimate of drug-likeness (QED) is 0.717. The zero-order valence-corrected chi connectivity index (χ0v) is 7.61. The van der Waals surface area contributed by atoms with Crippen molar-refractivity contribution in [3.63, 3.8) is 0 Å². The molecule has 0 aromatic heterocycles. The highest BCUT2D eigenvalue weighted by atomic mass is 35.5. The SMILES string of the molecule is COc1ccc(C(F)=C(F)Cl)cc1. The smallest absolute Gasteiger partial charge is 0.225 e. The summed E-state index contributed by atoms with van der Waals surface area (Å²) in [5.74, 6) is -0.490. The molecular weight excluding hydrogens is 198 g/mol. The summed E-state index contributed by atoms with van der Waals surface area (Å²) in [5, 5.41) is -1.34. The lowest BCUT2D eigenvalue weighted by Gasteiger charge is -2.00. The van der Waals surface area contributed by atoms with E-state index >= 15 is 0 Å². The summed E-state index contributed by atoms with van der Waals surface area (Å²) in [7, 11) is 1.49. The van der Waals surface area contributed by atoms with Gasteiger partial charge in [-0.25, -0.2) is 4.39 Å². The van der Waals surface area contributed by atoms with E-state index in [-0.39, 0.29) is 5.56 Å². The Bertz CT molecular complexity index is 315. The monoisotopic (exact) mass is 204 g/mol. The molecule has 0 amide bonds. The molecule has 0 aliphatic heterocycles. The molecule has 0 radical (unpaired) electrons. The first-order valence-electron chi connectivity index (χ1n) is 3.50. The van der Waals surface area contributed by atoms with Crippen LogP contribution in [0.2, 0.25) is 0 Å². The first kappa shape index (κ1) is 9.99. The number of hydrogen-bond acceptors (Lipinski definition) is 1. The van der Waals surface area contributed by atoms with E-state index in [0.29, 0.717) is 5.75 Å². The van der Waals surface area contributed by atoms with E-state index in [1.165, 1.54) is 31.4 Å². The standard InChI is InChI=1S/C9H7ClF2O/c1-13-7-4-2-6(3-5-7)8(11)9(10)12/h2-5H,1H3. The van der Waals surface area contributed by atoms with E-state index in [1.54, 1.807) is 0 Å². The van der Waals surface area contributed by atoms with Gasteiger partial charge < -0.3 is 4.74 Å². The molecule has 70 valence electrons. The molecule has 0 spiro atoms. The van der Waals surface area contributed by atoms with Gasteiger partial charge in [0.15, 0.2) is 5.83 Å². The number of halogens is 3. The normalized spacial score (nSPS) is 12.3. The Morgan fingerprint density at radius 1 is 1.23 bits per heavy atom. The molecule has 0 saturated heterocycles. The van der Waals surface area contributed by atoms with Crippen LogP contribution in [0.25, 0.3) is 5.83 Å². The zero-order chi connectivity index (χ0) is 9.84. The maximum Gasteiger partial charge on any atom is 0.225 e. The second-order valence-electron chi connectivity index (χ2n) is 2.30. The van der Waals surface area contributed by atoms with Gasteiger partial charge in [0.2, 0.25) is 5.29 Å². The van der Waals surface area contributed by atoms with E-state index in [4.69, 9.17) is 16.3 Å². The minimum atomic E-state index is -1.34. The fourth-order valence-electron chi connectivity index (χ4n) is 0.846. The van der Waals surface area contributed by atoms with Crippen molar-refractivity contribution in [3.05, 3.63) is 35.1 Å². The molecule has 4 heteroatoms. The number of benzene rings is 1. The summed E-state index contributed by atoms with van der Waals surface area (Å²) in [6.07, 6.45) is 0.